The van der Waals surface area contributed by atoms with Gasteiger partial charge in [0.15, 0.2) is 0 Å². The number of hydroxylamine groups is 2. The predicted octanol–water partition coefficient (Wildman–Crippen LogP) is -1.93. The number of imide groups is 1. The van der Waals surface area contributed by atoms with E-state index in [4.69, 9.17) is 5.21 Å². The first-order valence-electron chi connectivity index (χ1n) is 2.26. The van der Waals surface area contributed by atoms with E-state index >= 15 is 0 Å². The van der Waals surface area contributed by atoms with E-state index in [1.54, 1.807) is 0 Å². The molecule has 4 nitrogen and oxygen atoms in total. The summed E-state index contributed by atoms with van der Waals surface area (Å²) in [4.78, 5) is 20.5. The summed E-state index contributed by atoms with van der Waals surface area (Å²) in [6, 6.07) is 0. The highest BCUT2D eigenvalue weighted by molar-refractivity contribution is 6.00. The summed E-state index contributed by atoms with van der Waals surface area (Å²) in [5, 5.41) is 8.57. The van der Waals surface area contributed by atoms with Crippen molar-refractivity contribution in [1.82, 2.24) is 5.06 Å². The van der Waals surface area contributed by atoms with Gasteiger partial charge in [0.25, 0.3) is 11.8 Å². The van der Waals surface area contributed by atoms with Crippen molar-refractivity contribution < 1.29 is 14.8 Å². The van der Waals surface area contributed by atoms with Crippen molar-refractivity contribution in [3.8, 4) is 0 Å². The minimum absolute atomic E-state index is 0. The van der Waals surface area contributed by atoms with Gasteiger partial charge < -0.3 is 0 Å². The molecule has 0 bridgehead atoms. The average molecular weight is 147 g/mol. The highest BCUT2D eigenvalue weighted by Gasteiger charge is 2.26. The van der Waals surface area contributed by atoms with Gasteiger partial charge >= 0.3 is 0 Å². The minimum Gasteiger partial charge on any atom is -0.279 e. The van der Waals surface area contributed by atoms with Gasteiger partial charge in [-0.2, -0.15) is 5.06 Å². The molecule has 1 aliphatic rings. The van der Waals surface area contributed by atoms with Gasteiger partial charge in [-0.1, -0.05) is 0 Å². The molecular weight excluding hydrogens is 138 g/mol. The molecule has 0 aromatic heterocycles. The molecule has 0 spiro atoms. The monoisotopic (exact) mass is 147 g/mol. The zero-order valence-corrected chi connectivity index (χ0v) is 4.13. The summed E-state index contributed by atoms with van der Waals surface area (Å²) in [6.07, 6.45) is 0.296. The summed E-state index contributed by atoms with van der Waals surface area (Å²) >= 11 is 0. The smallest absolute Gasteiger partial charge is 0.253 e. The van der Waals surface area contributed by atoms with Crippen LogP contribution in [-0.4, -0.2) is 33.1 Å². The Morgan fingerprint density at radius 2 is 1.56 bits per heavy atom. The molecule has 1 heterocycles. The van der Waals surface area contributed by atoms with Crippen LogP contribution in [0.1, 0.15) is 12.8 Å². The highest BCUT2D eigenvalue weighted by atomic mass is 28.1. The molecule has 2 amide bonds. The van der Waals surface area contributed by atoms with E-state index in [0.717, 1.165) is 0 Å². The second kappa shape index (κ2) is 2.74. The van der Waals surface area contributed by atoms with E-state index in [0.29, 0.717) is 0 Å². The third kappa shape index (κ3) is 1.36. The van der Waals surface area contributed by atoms with Gasteiger partial charge in [0.2, 0.25) is 0 Å². The Hall–Kier alpha value is -0.683. The average Bonchev–Trinajstić information content (AvgIpc) is 1.98. The lowest BCUT2D eigenvalue weighted by atomic mass is 10.4. The Morgan fingerprint density at radius 1 is 1.22 bits per heavy atom. The van der Waals surface area contributed by atoms with Gasteiger partial charge in [0.1, 0.15) is 0 Å². The van der Waals surface area contributed by atoms with Crippen LogP contribution in [0, 0.1) is 0 Å². The normalized spacial score (nSPS) is 18.1. The van der Waals surface area contributed by atoms with Gasteiger partial charge in [-0.25, -0.2) is 0 Å². The van der Waals surface area contributed by atoms with Crippen molar-refractivity contribution in [2.75, 3.05) is 0 Å². The topological polar surface area (TPSA) is 57.6 Å². The number of hydrogen-bond acceptors (Lipinski definition) is 3. The van der Waals surface area contributed by atoms with Crippen LogP contribution in [0.5, 0.6) is 0 Å². The van der Waals surface area contributed by atoms with Crippen LogP contribution in [0.2, 0.25) is 0 Å². The van der Waals surface area contributed by atoms with E-state index in [1.807, 2.05) is 0 Å². The van der Waals surface area contributed by atoms with Gasteiger partial charge in [-0.15, -0.1) is 0 Å². The molecule has 1 fully saturated rings. The molecule has 0 radical (unpaired) electrons. The van der Waals surface area contributed by atoms with Crippen molar-refractivity contribution >= 4 is 22.8 Å². The van der Waals surface area contributed by atoms with Crippen LogP contribution < -0.4 is 0 Å². The van der Waals surface area contributed by atoms with Crippen LogP contribution >= 0.6 is 0 Å². The van der Waals surface area contributed by atoms with Gasteiger partial charge in [-0.05, 0) is 11.0 Å². The van der Waals surface area contributed by atoms with Crippen LogP contribution in [0.25, 0.3) is 0 Å². The molecule has 52 valence electrons. The van der Waals surface area contributed by atoms with E-state index in [9.17, 15) is 9.59 Å². The Labute approximate surface area is 56.4 Å². The van der Waals surface area contributed by atoms with Crippen LogP contribution in [0.15, 0.2) is 0 Å². The lowest BCUT2D eigenvalue weighted by Gasteiger charge is -1.98. The third-order valence-corrected chi connectivity index (χ3v) is 1.03. The second-order valence-electron chi connectivity index (χ2n) is 1.60. The maximum Gasteiger partial charge on any atom is 0.253 e. The first kappa shape index (κ1) is 8.32. The molecule has 9 heavy (non-hydrogen) atoms. The van der Waals surface area contributed by atoms with Crippen LogP contribution in [-0.2, 0) is 9.59 Å². The molecule has 1 N–H and O–H groups in total. The van der Waals surface area contributed by atoms with E-state index in [1.165, 1.54) is 0 Å². The summed E-state index contributed by atoms with van der Waals surface area (Å²) < 4.78 is 0. The highest BCUT2D eigenvalue weighted by Crippen LogP contribution is 2.06. The van der Waals surface area contributed by atoms with E-state index in [-0.39, 0.29) is 28.9 Å². The van der Waals surface area contributed by atoms with E-state index in [2.05, 4.69) is 0 Å². The van der Waals surface area contributed by atoms with Crippen LogP contribution in [0.3, 0.4) is 0 Å². The summed E-state index contributed by atoms with van der Waals surface area (Å²) in [6.45, 7) is 0. The molecule has 0 aromatic carbocycles. The summed E-state index contributed by atoms with van der Waals surface area (Å²) in [7, 11) is 0. The molecule has 0 atom stereocenters. The fourth-order valence-corrected chi connectivity index (χ4v) is 0.565. The maximum absolute atomic E-state index is 10.2. The number of hydrogen-bond donors (Lipinski definition) is 1. The molecule has 0 aromatic rings. The van der Waals surface area contributed by atoms with Crippen molar-refractivity contribution in [3.63, 3.8) is 0 Å². The Bertz CT molecular complexity index is 131. The molecule has 1 aliphatic heterocycles. The molecule has 0 unspecified atom stereocenters. The number of carbonyl (C=O) groups excluding carboxylic acids is 2. The van der Waals surface area contributed by atoms with Gasteiger partial charge in [0, 0.05) is 12.8 Å². The summed E-state index contributed by atoms with van der Waals surface area (Å²) in [5.41, 5.74) is 0. The Balaban J connectivity index is 0.000000640. The maximum atomic E-state index is 10.2. The SMILES string of the molecule is O=C1CCC(=O)N1O.[SiH4]. The minimum atomic E-state index is -0.505. The molecule has 1 saturated heterocycles. The van der Waals surface area contributed by atoms with Crippen molar-refractivity contribution in [3.05, 3.63) is 0 Å². The molecule has 1 rings (SSSR count). The Morgan fingerprint density at radius 3 is 1.67 bits per heavy atom. The number of nitrogens with zero attached hydrogens (tertiary/aromatic N) is 1. The first-order valence-corrected chi connectivity index (χ1v) is 2.26. The Kier molecular flexibility index (Phi) is 2.53. The predicted molar refractivity (Wildman–Crippen MR) is 34.2 cm³/mol. The zero-order valence-electron chi connectivity index (χ0n) is 4.13. The fraction of sp³-hybridized carbons (Fsp3) is 0.500. The second-order valence-corrected chi connectivity index (χ2v) is 1.60. The quantitative estimate of drug-likeness (QED) is 0.247. The number of carbonyl (C=O) groups is 2. The molecule has 0 saturated carbocycles. The van der Waals surface area contributed by atoms with Crippen molar-refractivity contribution in [2.24, 2.45) is 0 Å². The summed E-state index contributed by atoms with van der Waals surface area (Å²) in [5.74, 6) is -1.01. The molecule has 5 heteroatoms. The largest absolute Gasteiger partial charge is 0.279 e. The van der Waals surface area contributed by atoms with Crippen molar-refractivity contribution in [2.45, 2.75) is 12.8 Å². The standard InChI is InChI=1S/C4H5NO3.H4Si/c6-3-1-2-4(7)5(3)8;/h8H,1-2H2;1H4. The van der Waals surface area contributed by atoms with Crippen molar-refractivity contribution in [1.29, 1.82) is 0 Å². The van der Waals surface area contributed by atoms with Crippen LogP contribution in [0.4, 0.5) is 0 Å². The lowest BCUT2D eigenvalue weighted by Crippen LogP contribution is -2.24. The van der Waals surface area contributed by atoms with E-state index < -0.39 is 11.8 Å². The third-order valence-electron chi connectivity index (χ3n) is 1.03. The molecular formula is C4H9NO3Si. The number of rotatable bonds is 0. The fourth-order valence-electron chi connectivity index (χ4n) is 0.565. The van der Waals surface area contributed by atoms with Gasteiger partial charge in [-0.3, -0.25) is 14.8 Å². The number of amides is 2. The zero-order chi connectivity index (χ0) is 6.15. The lowest BCUT2D eigenvalue weighted by molar-refractivity contribution is -0.171. The van der Waals surface area contributed by atoms with Gasteiger partial charge in [0.05, 0.1) is 0 Å². The first-order chi connectivity index (χ1) is 3.72. The molecule has 0 aliphatic carbocycles.